The highest BCUT2D eigenvalue weighted by Gasteiger charge is 2.44. The van der Waals surface area contributed by atoms with Crippen LogP contribution in [0.15, 0.2) is 48.5 Å². The minimum atomic E-state index is -0.998. The van der Waals surface area contributed by atoms with Crippen molar-refractivity contribution in [3.8, 4) is 0 Å². The molecule has 2 aliphatic heterocycles. The maximum Gasteiger partial charge on any atom is 0.262 e. The van der Waals surface area contributed by atoms with E-state index in [2.05, 4.69) is 10.2 Å². The van der Waals surface area contributed by atoms with Gasteiger partial charge in [-0.05, 0) is 42.3 Å². The van der Waals surface area contributed by atoms with E-state index in [1.54, 1.807) is 43.0 Å². The number of fused-ring (bicyclic) bond motifs is 1. The predicted molar refractivity (Wildman–Crippen MR) is 129 cm³/mol. The van der Waals surface area contributed by atoms with Crippen LogP contribution in [0.1, 0.15) is 34.6 Å². The number of nitrogens with zero attached hydrogens (tertiary/aromatic N) is 3. The summed E-state index contributed by atoms with van der Waals surface area (Å²) in [6.07, 6.45) is 0. The van der Waals surface area contributed by atoms with Gasteiger partial charge in [0.05, 0.1) is 17.7 Å². The second-order valence-electron chi connectivity index (χ2n) is 8.78. The molecule has 2 aromatic carbocycles. The minimum absolute atomic E-state index is 0.188. The Morgan fingerprint density at radius 1 is 0.912 bits per heavy atom. The highest BCUT2D eigenvalue weighted by atomic mass is 35.5. The summed E-state index contributed by atoms with van der Waals surface area (Å²) in [4.78, 5) is 56.4. The fourth-order valence-electron chi connectivity index (χ4n) is 4.42. The first-order valence-corrected chi connectivity index (χ1v) is 11.7. The van der Waals surface area contributed by atoms with Gasteiger partial charge in [-0.25, -0.2) is 0 Å². The van der Waals surface area contributed by atoms with E-state index in [9.17, 15) is 19.2 Å². The van der Waals surface area contributed by atoms with Crippen molar-refractivity contribution in [3.05, 3.63) is 64.7 Å². The Labute approximate surface area is 203 Å². The summed E-state index contributed by atoms with van der Waals surface area (Å²) >= 11 is 5.95. The fourth-order valence-corrected chi connectivity index (χ4v) is 4.55. The van der Waals surface area contributed by atoms with Crippen molar-refractivity contribution in [1.82, 2.24) is 15.1 Å². The molecular formula is C25H27ClN4O4. The van der Waals surface area contributed by atoms with Crippen LogP contribution in [0.25, 0.3) is 0 Å². The Bertz CT molecular complexity index is 1080. The van der Waals surface area contributed by atoms with Gasteiger partial charge in [0.1, 0.15) is 6.04 Å². The molecule has 0 saturated carbocycles. The maximum atomic E-state index is 13.0. The Morgan fingerprint density at radius 2 is 1.47 bits per heavy atom. The number of amides is 4. The molecule has 1 fully saturated rings. The van der Waals surface area contributed by atoms with Gasteiger partial charge in [0, 0.05) is 36.9 Å². The van der Waals surface area contributed by atoms with Crippen LogP contribution < -0.4 is 10.2 Å². The highest BCUT2D eigenvalue weighted by Crippen LogP contribution is 2.27. The third-order valence-electron chi connectivity index (χ3n) is 6.24. The first-order chi connectivity index (χ1) is 16.3. The van der Waals surface area contributed by atoms with Crippen molar-refractivity contribution in [2.75, 3.05) is 37.6 Å². The maximum absolute atomic E-state index is 13.0. The molecule has 2 aliphatic rings. The summed E-state index contributed by atoms with van der Waals surface area (Å²) in [6.45, 7) is 5.76. The van der Waals surface area contributed by atoms with E-state index >= 15 is 0 Å². The summed E-state index contributed by atoms with van der Waals surface area (Å²) < 4.78 is 0. The molecule has 0 radical (unpaired) electrons. The second kappa shape index (κ2) is 9.85. The average Bonchev–Trinajstić information content (AvgIpc) is 3.08. The van der Waals surface area contributed by atoms with Gasteiger partial charge in [0.25, 0.3) is 11.8 Å². The van der Waals surface area contributed by atoms with Crippen molar-refractivity contribution in [1.29, 1.82) is 0 Å². The lowest BCUT2D eigenvalue weighted by Crippen LogP contribution is -2.55. The standard InChI is InChI=1S/C25H27ClN4O4/c1-16(2)22(30-24(33)19-5-3-4-6-20(19)25(30)34)23(32)27-15-21(31)29-13-11-28(12-14-29)18-9-7-17(26)8-10-18/h3-10,16,22H,11-15H2,1-2H3,(H,27,32). The summed E-state index contributed by atoms with van der Waals surface area (Å²) in [7, 11) is 0. The average molecular weight is 483 g/mol. The molecule has 1 atom stereocenters. The number of carbonyl (C=O) groups excluding carboxylic acids is 4. The number of benzene rings is 2. The van der Waals surface area contributed by atoms with E-state index < -0.39 is 23.8 Å². The molecule has 4 amide bonds. The molecule has 2 aromatic rings. The third-order valence-corrected chi connectivity index (χ3v) is 6.49. The van der Waals surface area contributed by atoms with E-state index in [1.165, 1.54) is 0 Å². The van der Waals surface area contributed by atoms with E-state index in [-0.39, 0.29) is 18.4 Å². The molecular weight excluding hydrogens is 456 g/mol. The normalized spacial score (nSPS) is 16.6. The number of imide groups is 1. The summed E-state index contributed by atoms with van der Waals surface area (Å²) in [5, 5.41) is 3.33. The molecule has 0 bridgehead atoms. The first kappa shape index (κ1) is 23.8. The number of hydrogen-bond donors (Lipinski definition) is 1. The van der Waals surface area contributed by atoms with Crippen LogP contribution in [-0.2, 0) is 9.59 Å². The molecule has 8 nitrogen and oxygen atoms in total. The van der Waals surface area contributed by atoms with E-state index in [4.69, 9.17) is 11.6 Å². The Morgan fingerprint density at radius 3 is 2.00 bits per heavy atom. The Kier molecular flexibility index (Phi) is 6.88. The van der Waals surface area contributed by atoms with E-state index in [1.807, 2.05) is 24.3 Å². The largest absolute Gasteiger partial charge is 0.368 e. The Hall–Kier alpha value is -3.39. The third kappa shape index (κ3) is 4.63. The molecule has 0 aliphatic carbocycles. The second-order valence-corrected chi connectivity index (χ2v) is 9.21. The molecule has 0 aromatic heterocycles. The molecule has 1 N–H and O–H groups in total. The number of anilines is 1. The molecule has 1 saturated heterocycles. The number of hydrogen-bond acceptors (Lipinski definition) is 5. The van der Waals surface area contributed by atoms with Gasteiger partial charge in [-0.3, -0.25) is 24.1 Å². The molecule has 0 spiro atoms. The van der Waals surface area contributed by atoms with Gasteiger partial charge in [-0.2, -0.15) is 0 Å². The number of nitrogens with one attached hydrogen (secondary N) is 1. The lowest BCUT2D eigenvalue weighted by Gasteiger charge is -2.36. The molecule has 9 heteroatoms. The van der Waals surface area contributed by atoms with Gasteiger partial charge >= 0.3 is 0 Å². The number of carbonyl (C=O) groups is 4. The summed E-state index contributed by atoms with van der Waals surface area (Å²) in [5.41, 5.74) is 1.63. The van der Waals surface area contributed by atoms with Gasteiger partial charge in [-0.1, -0.05) is 37.6 Å². The quantitative estimate of drug-likeness (QED) is 0.639. The molecule has 34 heavy (non-hydrogen) atoms. The highest BCUT2D eigenvalue weighted by molar-refractivity contribution is 6.30. The van der Waals surface area contributed by atoms with Crippen molar-refractivity contribution in [3.63, 3.8) is 0 Å². The zero-order valence-electron chi connectivity index (χ0n) is 19.2. The number of piperazine rings is 1. The van der Waals surface area contributed by atoms with Crippen LogP contribution in [-0.4, -0.2) is 72.2 Å². The monoisotopic (exact) mass is 482 g/mol. The van der Waals surface area contributed by atoms with E-state index in [0.717, 1.165) is 10.6 Å². The zero-order chi connectivity index (χ0) is 24.4. The number of halogens is 1. The molecule has 178 valence electrons. The van der Waals surface area contributed by atoms with Crippen LogP contribution in [0.4, 0.5) is 5.69 Å². The van der Waals surface area contributed by atoms with Crippen LogP contribution >= 0.6 is 11.6 Å². The lowest BCUT2D eigenvalue weighted by atomic mass is 10.0. The van der Waals surface area contributed by atoms with E-state index in [0.29, 0.717) is 42.3 Å². The van der Waals surface area contributed by atoms with Crippen molar-refractivity contribution < 1.29 is 19.2 Å². The first-order valence-electron chi connectivity index (χ1n) is 11.3. The molecule has 2 heterocycles. The van der Waals surface area contributed by atoms with Gasteiger partial charge < -0.3 is 15.1 Å². The minimum Gasteiger partial charge on any atom is -0.368 e. The van der Waals surface area contributed by atoms with Crippen LogP contribution in [0, 0.1) is 5.92 Å². The summed E-state index contributed by atoms with van der Waals surface area (Å²) in [5.74, 6) is -2.01. The van der Waals surface area contributed by atoms with Crippen molar-refractivity contribution in [2.45, 2.75) is 19.9 Å². The van der Waals surface area contributed by atoms with Crippen LogP contribution in [0.3, 0.4) is 0 Å². The fraction of sp³-hybridized carbons (Fsp3) is 0.360. The number of rotatable bonds is 6. The van der Waals surface area contributed by atoms with Crippen LogP contribution in [0.2, 0.25) is 5.02 Å². The van der Waals surface area contributed by atoms with Crippen LogP contribution in [0.5, 0.6) is 0 Å². The topological polar surface area (TPSA) is 90.0 Å². The predicted octanol–water partition coefficient (Wildman–Crippen LogP) is 2.43. The lowest BCUT2D eigenvalue weighted by molar-refractivity contribution is -0.134. The molecule has 1 unspecified atom stereocenters. The Balaban J connectivity index is 1.34. The molecule has 4 rings (SSSR count). The zero-order valence-corrected chi connectivity index (χ0v) is 19.9. The SMILES string of the molecule is CC(C)C(C(=O)NCC(=O)N1CCN(c2ccc(Cl)cc2)CC1)N1C(=O)c2ccccc2C1=O. The summed E-state index contributed by atoms with van der Waals surface area (Å²) in [6, 6.07) is 13.1. The van der Waals surface area contributed by atoms with Crippen molar-refractivity contribution >= 4 is 40.9 Å². The smallest absolute Gasteiger partial charge is 0.262 e. The van der Waals surface area contributed by atoms with Gasteiger partial charge in [0.15, 0.2) is 0 Å². The van der Waals surface area contributed by atoms with Crippen molar-refractivity contribution in [2.24, 2.45) is 5.92 Å². The van der Waals surface area contributed by atoms with Gasteiger partial charge in [-0.15, -0.1) is 0 Å². The van der Waals surface area contributed by atoms with Gasteiger partial charge in [0.2, 0.25) is 11.8 Å².